The van der Waals surface area contributed by atoms with E-state index < -0.39 is 0 Å². The summed E-state index contributed by atoms with van der Waals surface area (Å²) in [5.74, 6) is 4.02. The number of unbranched alkanes of at least 4 members (excludes halogenated alkanes) is 2. The number of hydrogen-bond acceptors (Lipinski definition) is 1. The first kappa shape index (κ1) is 22.4. The normalized spacial score (nSPS) is 24.9. The first-order valence-corrected chi connectivity index (χ1v) is 12.6. The summed E-state index contributed by atoms with van der Waals surface area (Å²) in [5.41, 5.74) is 3.13. The standard InChI is InChI=1S/C28H44O/c1-3-4-5-6-23-7-9-24(10-8-23)11-12-25-13-15-26(16-14-25)17-18-27-19-21-28(29-2)22-20-27/h15,19-25H,3-14,16-18H2,1-2H3. The minimum atomic E-state index is 0.957. The van der Waals surface area contributed by atoms with Crippen LogP contribution in [0, 0.1) is 17.8 Å². The predicted octanol–water partition coefficient (Wildman–Crippen LogP) is 8.52. The summed E-state index contributed by atoms with van der Waals surface area (Å²) < 4.78 is 5.26. The monoisotopic (exact) mass is 396 g/mol. The maximum Gasteiger partial charge on any atom is 0.118 e. The second-order valence-electron chi connectivity index (χ2n) is 9.81. The van der Waals surface area contributed by atoms with Crippen molar-refractivity contribution in [3.05, 3.63) is 41.5 Å². The number of aryl methyl sites for hydroxylation is 1. The Kier molecular flexibility index (Phi) is 9.64. The van der Waals surface area contributed by atoms with E-state index in [9.17, 15) is 0 Å². The van der Waals surface area contributed by atoms with E-state index in [1.54, 1.807) is 12.7 Å². The highest BCUT2D eigenvalue weighted by Crippen LogP contribution is 2.37. The highest BCUT2D eigenvalue weighted by Gasteiger charge is 2.22. The maximum absolute atomic E-state index is 5.26. The Bertz CT molecular complexity index is 591. The summed E-state index contributed by atoms with van der Waals surface area (Å²) in [6.07, 6.45) is 24.0. The molecule has 0 heterocycles. The van der Waals surface area contributed by atoms with Gasteiger partial charge in [-0.2, -0.15) is 0 Å². The van der Waals surface area contributed by atoms with Gasteiger partial charge in [0.25, 0.3) is 0 Å². The van der Waals surface area contributed by atoms with E-state index in [1.165, 1.54) is 102 Å². The molecule has 3 rings (SSSR count). The minimum absolute atomic E-state index is 0.957. The highest BCUT2D eigenvalue weighted by atomic mass is 16.5. The van der Waals surface area contributed by atoms with Crippen molar-refractivity contribution in [2.75, 3.05) is 7.11 Å². The number of rotatable bonds is 11. The third-order valence-electron chi connectivity index (χ3n) is 7.67. The molecular formula is C28H44O. The maximum atomic E-state index is 5.26. The van der Waals surface area contributed by atoms with Gasteiger partial charge in [0.05, 0.1) is 7.11 Å². The van der Waals surface area contributed by atoms with Crippen LogP contribution in [-0.4, -0.2) is 7.11 Å². The SMILES string of the molecule is CCCCCC1CCC(CCC2CC=C(CCc3ccc(OC)cc3)CC2)CC1. The summed E-state index contributed by atoms with van der Waals surface area (Å²) in [7, 11) is 1.73. The number of allylic oxidation sites excluding steroid dienone is 2. The van der Waals surface area contributed by atoms with Gasteiger partial charge in [0.2, 0.25) is 0 Å². The van der Waals surface area contributed by atoms with Gasteiger partial charge in [0, 0.05) is 0 Å². The van der Waals surface area contributed by atoms with Gasteiger partial charge >= 0.3 is 0 Å². The Morgan fingerprint density at radius 2 is 1.48 bits per heavy atom. The molecule has 0 bridgehead atoms. The van der Waals surface area contributed by atoms with Gasteiger partial charge in [0.15, 0.2) is 0 Å². The van der Waals surface area contributed by atoms with E-state index in [0.29, 0.717) is 0 Å². The lowest BCUT2D eigenvalue weighted by Gasteiger charge is -2.30. The quantitative estimate of drug-likeness (QED) is 0.269. The van der Waals surface area contributed by atoms with Gasteiger partial charge in [0.1, 0.15) is 5.75 Å². The molecule has 0 aliphatic heterocycles. The van der Waals surface area contributed by atoms with Crippen LogP contribution in [0.3, 0.4) is 0 Å². The number of ether oxygens (including phenoxy) is 1. The third-order valence-corrected chi connectivity index (χ3v) is 7.67. The van der Waals surface area contributed by atoms with Crippen molar-refractivity contribution >= 4 is 0 Å². The van der Waals surface area contributed by atoms with Gasteiger partial charge in [-0.15, -0.1) is 0 Å². The van der Waals surface area contributed by atoms with E-state index in [4.69, 9.17) is 4.74 Å². The topological polar surface area (TPSA) is 9.23 Å². The van der Waals surface area contributed by atoms with E-state index in [2.05, 4.69) is 37.3 Å². The van der Waals surface area contributed by atoms with Crippen molar-refractivity contribution in [1.82, 2.24) is 0 Å². The lowest BCUT2D eigenvalue weighted by molar-refractivity contribution is 0.234. The molecule has 0 aromatic heterocycles. The van der Waals surface area contributed by atoms with Gasteiger partial charge in [-0.1, -0.05) is 88.5 Å². The number of hydrogen-bond donors (Lipinski definition) is 0. The Hall–Kier alpha value is -1.24. The molecule has 1 saturated carbocycles. The summed E-state index contributed by atoms with van der Waals surface area (Å²) in [5, 5.41) is 0. The van der Waals surface area contributed by atoms with Crippen LogP contribution in [0.15, 0.2) is 35.9 Å². The van der Waals surface area contributed by atoms with Crippen molar-refractivity contribution in [2.45, 2.75) is 103 Å². The van der Waals surface area contributed by atoms with Crippen molar-refractivity contribution in [2.24, 2.45) is 17.8 Å². The summed E-state index contributed by atoms with van der Waals surface area (Å²) in [4.78, 5) is 0. The predicted molar refractivity (Wildman–Crippen MR) is 126 cm³/mol. The van der Waals surface area contributed by atoms with Gasteiger partial charge < -0.3 is 4.74 Å². The van der Waals surface area contributed by atoms with Gasteiger partial charge in [-0.3, -0.25) is 0 Å². The molecule has 1 atom stereocenters. The van der Waals surface area contributed by atoms with Gasteiger partial charge in [-0.05, 0) is 74.0 Å². The Morgan fingerprint density at radius 3 is 2.10 bits per heavy atom. The van der Waals surface area contributed by atoms with E-state index in [0.717, 1.165) is 23.5 Å². The average molecular weight is 397 g/mol. The van der Waals surface area contributed by atoms with Gasteiger partial charge in [-0.25, -0.2) is 0 Å². The molecule has 1 fully saturated rings. The summed E-state index contributed by atoms with van der Waals surface area (Å²) in [6.45, 7) is 2.32. The van der Waals surface area contributed by atoms with Crippen molar-refractivity contribution in [3.63, 3.8) is 0 Å². The smallest absolute Gasteiger partial charge is 0.118 e. The number of methoxy groups -OCH3 is 1. The Morgan fingerprint density at radius 1 is 0.793 bits per heavy atom. The average Bonchev–Trinajstić information content (AvgIpc) is 2.78. The zero-order chi connectivity index (χ0) is 20.3. The summed E-state index contributed by atoms with van der Waals surface area (Å²) >= 11 is 0. The molecule has 2 aliphatic carbocycles. The van der Waals surface area contributed by atoms with E-state index >= 15 is 0 Å². The van der Waals surface area contributed by atoms with E-state index in [1.807, 2.05) is 0 Å². The van der Waals surface area contributed by atoms with Crippen LogP contribution in [-0.2, 0) is 6.42 Å². The molecule has 1 unspecified atom stereocenters. The molecule has 0 amide bonds. The van der Waals surface area contributed by atoms with Crippen LogP contribution in [0.25, 0.3) is 0 Å². The molecule has 0 spiro atoms. The third kappa shape index (κ3) is 7.83. The lowest BCUT2D eigenvalue weighted by atomic mass is 9.76. The van der Waals surface area contributed by atoms with Crippen LogP contribution in [0.1, 0.15) is 102 Å². The van der Waals surface area contributed by atoms with Crippen LogP contribution >= 0.6 is 0 Å². The van der Waals surface area contributed by atoms with Crippen LogP contribution in [0.4, 0.5) is 0 Å². The Labute approximate surface area is 180 Å². The molecule has 0 N–H and O–H groups in total. The first-order valence-electron chi connectivity index (χ1n) is 12.6. The fraction of sp³-hybridized carbons (Fsp3) is 0.714. The largest absolute Gasteiger partial charge is 0.497 e. The number of benzene rings is 1. The molecule has 1 aromatic carbocycles. The highest BCUT2D eigenvalue weighted by molar-refractivity contribution is 5.27. The second kappa shape index (κ2) is 12.5. The first-order chi connectivity index (χ1) is 14.3. The molecule has 162 valence electrons. The molecule has 0 radical (unpaired) electrons. The lowest BCUT2D eigenvalue weighted by Crippen LogP contribution is -2.16. The molecule has 29 heavy (non-hydrogen) atoms. The van der Waals surface area contributed by atoms with Crippen LogP contribution in [0.5, 0.6) is 5.75 Å². The van der Waals surface area contributed by atoms with Crippen molar-refractivity contribution in [1.29, 1.82) is 0 Å². The van der Waals surface area contributed by atoms with Crippen LogP contribution < -0.4 is 4.74 Å². The summed E-state index contributed by atoms with van der Waals surface area (Å²) in [6, 6.07) is 8.59. The zero-order valence-corrected chi connectivity index (χ0v) is 19.1. The van der Waals surface area contributed by atoms with E-state index in [-0.39, 0.29) is 0 Å². The zero-order valence-electron chi connectivity index (χ0n) is 19.1. The van der Waals surface area contributed by atoms with Crippen molar-refractivity contribution < 1.29 is 4.74 Å². The second-order valence-corrected chi connectivity index (χ2v) is 9.81. The molecule has 1 aromatic rings. The molecular weight excluding hydrogens is 352 g/mol. The fourth-order valence-electron chi connectivity index (χ4n) is 5.49. The molecule has 1 heteroatoms. The molecule has 0 saturated heterocycles. The fourth-order valence-corrected chi connectivity index (χ4v) is 5.49. The molecule has 1 nitrogen and oxygen atoms in total. The van der Waals surface area contributed by atoms with Crippen LogP contribution in [0.2, 0.25) is 0 Å². The minimum Gasteiger partial charge on any atom is -0.497 e. The van der Waals surface area contributed by atoms with Crippen molar-refractivity contribution in [3.8, 4) is 5.75 Å². The molecule has 2 aliphatic rings. The Balaban J connectivity index is 1.29.